The van der Waals surface area contributed by atoms with Gasteiger partial charge in [-0.05, 0) is 13.8 Å². The zero-order valence-electron chi connectivity index (χ0n) is 10.9. The Bertz CT molecular complexity index is 410. The van der Waals surface area contributed by atoms with E-state index >= 15 is 0 Å². The van der Waals surface area contributed by atoms with Crippen LogP contribution in [0.25, 0.3) is 0 Å². The third-order valence-electron chi connectivity index (χ3n) is 2.26. The molecule has 18 heavy (non-hydrogen) atoms. The van der Waals surface area contributed by atoms with Crippen LogP contribution in [0.1, 0.15) is 19.7 Å². The highest BCUT2D eigenvalue weighted by Gasteiger charge is 2.10. The molecule has 1 rings (SSSR count). The summed E-state index contributed by atoms with van der Waals surface area (Å²) in [4.78, 5) is 19.5. The predicted octanol–water partition coefficient (Wildman–Crippen LogP) is 0.341. The van der Waals surface area contributed by atoms with E-state index in [1.54, 1.807) is 20.0 Å². The van der Waals surface area contributed by atoms with E-state index in [-0.39, 0.29) is 0 Å². The fourth-order valence-corrected chi connectivity index (χ4v) is 1.25. The first-order chi connectivity index (χ1) is 8.56. The van der Waals surface area contributed by atoms with Crippen molar-refractivity contribution < 1.29 is 9.53 Å². The van der Waals surface area contributed by atoms with Crippen LogP contribution in [-0.2, 0) is 16.1 Å². The summed E-state index contributed by atoms with van der Waals surface area (Å²) in [6.45, 7) is 4.49. The molecule has 0 fully saturated rings. The normalized spacial score (nSPS) is 11.9. The van der Waals surface area contributed by atoms with Gasteiger partial charge in [0.1, 0.15) is 24.3 Å². The Morgan fingerprint density at radius 2 is 2.17 bits per heavy atom. The van der Waals surface area contributed by atoms with Crippen LogP contribution in [0.15, 0.2) is 6.07 Å². The zero-order chi connectivity index (χ0) is 13.5. The van der Waals surface area contributed by atoms with Gasteiger partial charge in [0.25, 0.3) is 0 Å². The molecular formula is C11H19N5O2. The molecule has 1 atom stereocenters. The van der Waals surface area contributed by atoms with E-state index in [0.717, 1.165) is 0 Å². The molecule has 0 radical (unpaired) electrons. The highest BCUT2D eigenvalue weighted by Crippen LogP contribution is 2.12. The Labute approximate surface area is 106 Å². The van der Waals surface area contributed by atoms with E-state index in [1.807, 2.05) is 6.92 Å². The van der Waals surface area contributed by atoms with Gasteiger partial charge < -0.3 is 21.1 Å². The molecule has 1 unspecified atom stereocenters. The second-order valence-corrected chi connectivity index (χ2v) is 3.71. The van der Waals surface area contributed by atoms with E-state index in [1.165, 1.54) is 0 Å². The number of nitrogens with zero attached hydrogens (tertiary/aromatic N) is 2. The molecule has 0 spiro atoms. The second-order valence-electron chi connectivity index (χ2n) is 3.71. The summed E-state index contributed by atoms with van der Waals surface area (Å²) in [5.74, 6) is 1.29. The lowest BCUT2D eigenvalue weighted by Gasteiger charge is -2.13. The second kappa shape index (κ2) is 6.75. The molecule has 0 aliphatic heterocycles. The minimum absolute atomic E-state index is 0.325. The molecule has 100 valence electrons. The standard InChI is InChI=1S/C11H19N5O2/c1-4-18-6-10-15-8(13-3)5-9(16-10)14-7(2)11(12)17/h5,7H,4,6H2,1-3H3,(H2,12,17)(H2,13,14,15,16). The van der Waals surface area contributed by atoms with Gasteiger partial charge in [-0.1, -0.05) is 0 Å². The SMILES string of the molecule is CCOCc1nc(NC)cc(NC(C)C(N)=O)n1. The van der Waals surface area contributed by atoms with Crippen molar-refractivity contribution in [1.29, 1.82) is 0 Å². The summed E-state index contributed by atoms with van der Waals surface area (Å²) in [6.07, 6.45) is 0. The Morgan fingerprint density at radius 3 is 2.72 bits per heavy atom. The van der Waals surface area contributed by atoms with Crippen molar-refractivity contribution in [3.63, 3.8) is 0 Å². The first kappa shape index (κ1) is 14.2. The van der Waals surface area contributed by atoms with Crippen LogP contribution in [0, 0.1) is 0 Å². The van der Waals surface area contributed by atoms with E-state index in [0.29, 0.717) is 30.7 Å². The van der Waals surface area contributed by atoms with Crippen molar-refractivity contribution in [1.82, 2.24) is 9.97 Å². The van der Waals surface area contributed by atoms with Gasteiger partial charge in [0.2, 0.25) is 5.91 Å². The first-order valence-electron chi connectivity index (χ1n) is 5.76. The first-order valence-corrected chi connectivity index (χ1v) is 5.76. The molecule has 1 aromatic heterocycles. The summed E-state index contributed by atoms with van der Waals surface area (Å²) in [6, 6.07) is 1.21. The highest BCUT2D eigenvalue weighted by atomic mass is 16.5. The summed E-state index contributed by atoms with van der Waals surface area (Å²) in [5, 5.41) is 5.84. The van der Waals surface area contributed by atoms with Crippen molar-refractivity contribution in [2.75, 3.05) is 24.3 Å². The van der Waals surface area contributed by atoms with Gasteiger partial charge in [0, 0.05) is 19.7 Å². The van der Waals surface area contributed by atoms with E-state index in [4.69, 9.17) is 10.5 Å². The van der Waals surface area contributed by atoms with Crippen molar-refractivity contribution >= 4 is 17.5 Å². The summed E-state index contributed by atoms with van der Waals surface area (Å²) >= 11 is 0. The predicted molar refractivity (Wildman–Crippen MR) is 69.2 cm³/mol. The lowest BCUT2D eigenvalue weighted by atomic mass is 10.3. The molecule has 0 aliphatic rings. The van der Waals surface area contributed by atoms with E-state index in [2.05, 4.69) is 20.6 Å². The summed E-state index contributed by atoms with van der Waals surface area (Å²) in [5.41, 5.74) is 5.19. The number of hydrogen-bond donors (Lipinski definition) is 3. The molecule has 1 aromatic rings. The summed E-state index contributed by atoms with van der Waals surface area (Å²) < 4.78 is 5.25. The number of aromatic nitrogens is 2. The zero-order valence-corrected chi connectivity index (χ0v) is 10.9. The van der Waals surface area contributed by atoms with Crippen LogP contribution < -0.4 is 16.4 Å². The van der Waals surface area contributed by atoms with Crippen molar-refractivity contribution in [3.8, 4) is 0 Å². The maximum atomic E-state index is 11.0. The number of nitrogens with one attached hydrogen (secondary N) is 2. The lowest BCUT2D eigenvalue weighted by molar-refractivity contribution is -0.118. The largest absolute Gasteiger partial charge is 0.374 e. The summed E-state index contributed by atoms with van der Waals surface area (Å²) in [7, 11) is 1.76. The number of ether oxygens (including phenoxy) is 1. The van der Waals surface area contributed by atoms with Crippen LogP contribution in [-0.4, -0.2) is 35.6 Å². The van der Waals surface area contributed by atoms with Crippen LogP contribution >= 0.6 is 0 Å². The maximum Gasteiger partial charge on any atom is 0.239 e. The maximum absolute atomic E-state index is 11.0. The average Bonchev–Trinajstić information content (AvgIpc) is 2.35. The van der Waals surface area contributed by atoms with Gasteiger partial charge in [0.05, 0.1) is 0 Å². The quantitative estimate of drug-likeness (QED) is 0.647. The van der Waals surface area contributed by atoms with Gasteiger partial charge >= 0.3 is 0 Å². The Morgan fingerprint density at radius 1 is 1.50 bits per heavy atom. The smallest absolute Gasteiger partial charge is 0.239 e. The molecule has 7 nitrogen and oxygen atoms in total. The Kier molecular flexibility index (Phi) is 5.31. The Balaban J connectivity index is 2.86. The van der Waals surface area contributed by atoms with Crippen LogP contribution in [0.3, 0.4) is 0 Å². The van der Waals surface area contributed by atoms with Crippen LogP contribution in [0.5, 0.6) is 0 Å². The molecule has 4 N–H and O–H groups in total. The van der Waals surface area contributed by atoms with Gasteiger partial charge in [0.15, 0.2) is 5.82 Å². The molecule has 0 saturated carbocycles. The van der Waals surface area contributed by atoms with Crippen LogP contribution in [0.2, 0.25) is 0 Å². The van der Waals surface area contributed by atoms with Gasteiger partial charge in [-0.3, -0.25) is 4.79 Å². The third kappa shape index (κ3) is 4.17. The van der Waals surface area contributed by atoms with Crippen molar-refractivity contribution in [3.05, 3.63) is 11.9 Å². The molecule has 1 amide bonds. The minimum Gasteiger partial charge on any atom is -0.374 e. The number of primary amides is 1. The minimum atomic E-state index is -0.496. The van der Waals surface area contributed by atoms with E-state index in [9.17, 15) is 4.79 Å². The molecule has 0 aliphatic carbocycles. The topological polar surface area (TPSA) is 102 Å². The number of carbonyl (C=O) groups is 1. The average molecular weight is 253 g/mol. The monoisotopic (exact) mass is 253 g/mol. The number of rotatable bonds is 7. The molecule has 0 aromatic carbocycles. The number of hydrogen-bond acceptors (Lipinski definition) is 6. The molecule has 7 heteroatoms. The number of amides is 1. The van der Waals surface area contributed by atoms with Crippen molar-refractivity contribution in [2.45, 2.75) is 26.5 Å². The van der Waals surface area contributed by atoms with E-state index < -0.39 is 11.9 Å². The molecular weight excluding hydrogens is 234 g/mol. The molecule has 0 saturated heterocycles. The van der Waals surface area contributed by atoms with Gasteiger partial charge in [-0.15, -0.1) is 0 Å². The van der Waals surface area contributed by atoms with Gasteiger partial charge in [-0.2, -0.15) is 0 Å². The number of nitrogens with two attached hydrogens (primary N) is 1. The fraction of sp³-hybridized carbons (Fsp3) is 0.545. The lowest BCUT2D eigenvalue weighted by Crippen LogP contribution is -2.32. The Hall–Kier alpha value is -1.89. The highest BCUT2D eigenvalue weighted by molar-refractivity contribution is 5.82. The third-order valence-corrected chi connectivity index (χ3v) is 2.26. The van der Waals surface area contributed by atoms with Crippen LogP contribution in [0.4, 0.5) is 11.6 Å². The number of carbonyl (C=O) groups excluding carboxylic acids is 1. The number of anilines is 2. The van der Waals surface area contributed by atoms with Gasteiger partial charge in [-0.25, -0.2) is 9.97 Å². The molecule has 0 bridgehead atoms. The van der Waals surface area contributed by atoms with Crippen molar-refractivity contribution in [2.24, 2.45) is 5.73 Å². The fourth-order valence-electron chi connectivity index (χ4n) is 1.25. The molecule has 1 heterocycles.